The van der Waals surface area contributed by atoms with E-state index < -0.39 is 0 Å². The van der Waals surface area contributed by atoms with Gasteiger partial charge in [0, 0.05) is 6.54 Å². The third kappa shape index (κ3) is 5.00. The highest BCUT2D eigenvalue weighted by atomic mass is 16.6. The summed E-state index contributed by atoms with van der Waals surface area (Å²) < 4.78 is 0. The second-order valence-corrected chi connectivity index (χ2v) is 4.13. The molecule has 0 fully saturated rings. The zero-order valence-corrected chi connectivity index (χ0v) is 10.8. The fourth-order valence-corrected chi connectivity index (χ4v) is 1.51. The number of hydrogen-bond acceptors (Lipinski definition) is 3. The van der Waals surface area contributed by atoms with Gasteiger partial charge in [0.15, 0.2) is 0 Å². The van der Waals surface area contributed by atoms with Crippen LogP contribution in [0.25, 0.3) is 0 Å². The van der Waals surface area contributed by atoms with Crippen molar-refractivity contribution in [2.45, 2.75) is 33.1 Å². The van der Waals surface area contributed by atoms with Crippen molar-refractivity contribution in [1.29, 1.82) is 0 Å². The van der Waals surface area contributed by atoms with E-state index in [2.05, 4.69) is 43.3 Å². The van der Waals surface area contributed by atoms with E-state index >= 15 is 0 Å². The van der Waals surface area contributed by atoms with Gasteiger partial charge in [-0.15, -0.1) is 0 Å². The van der Waals surface area contributed by atoms with Crippen LogP contribution in [0.5, 0.6) is 0 Å². The Kier molecular flexibility index (Phi) is 6.33. The molecule has 0 saturated carbocycles. The van der Waals surface area contributed by atoms with E-state index in [1.807, 2.05) is 0 Å². The molecule has 0 aromatic heterocycles. The molecular formula is C14H22N2O. The molecule has 0 unspecified atom stereocenters. The van der Waals surface area contributed by atoms with Crippen molar-refractivity contribution in [1.82, 2.24) is 0 Å². The van der Waals surface area contributed by atoms with Crippen molar-refractivity contribution in [3.8, 4) is 0 Å². The van der Waals surface area contributed by atoms with Gasteiger partial charge >= 0.3 is 0 Å². The second-order valence-electron chi connectivity index (χ2n) is 4.13. The summed E-state index contributed by atoms with van der Waals surface area (Å²) in [6, 6.07) is 8.38. The second kappa shape index (κ2) is 7.85. The number of oxime groups is 1. The molecule has 0 amide bonds. The Hall–Kier alpha value is -1.35. The van der Waals surface area contributed by atoms with Crippen LogP contribution in [-0.4, -0.2) is 18.9 Å². The van der Waals surface area contributed by atoms with Crippen LogP contribution in [-0.2, 0) is 4.84 Å². The van der Waals surface area contributed by atoms with E-state index in [0.717, 1.165) is 30.5 Å². The fraction of sp³-hybridized carbons (Fsp3) is 0.500. The highest BCUT2D eigenvalue weighted by Gasteiger charge is 2.03. The molecule has 1 aromatic carbocycles. The molecule has 1 rings (SSSR count). The summed E-state index contributed by atoms with van der Waals surface area (Å²) >= 11 is 0. The standard InChI is InChI=1S/C14H22N2O/c1-3-4-5-14(16-17-11-10-15)13-8-6-12(2)7-9-13/h6-9H,3-5,10-11,15H2,1-2H3. The number of unbranched alkanes of at least 4 members (excludes halogenated alkanes) is 1. The number of benzene rings is 1. The summed E-state index contributed by atoms with van der Waals surface area (Å²) in [6.07, 6.45) is 3.23. The number of nitrogens with zero attached hydrogens (tertiary/aromatic N) is 1. The van der Waals surface area contributed by atoms with Gasteiger partial charge in [0.05, 0.1) is 5.71 Å². The number of nitrogens with two attached hydrogens (primary N) is 1. The molecule has 3 heteroatoms. The first-order valence-corrected chi connectivity index (χ1v) is 6.24. The number of hydrogen-bond donors (Lipinski definition) is 1. The number of aryl methyl sites for hydroxylation is 1. The monoisotopic (exact) mass is 234 g/mol. The van der Waals surface area contributed by atoms with Gasteiger partial charge in [-0.05, 0) is 25.3 Å². The normalized spacial score (nSPS) is 11.6. The Bertz CT molecular complexity index is 344. The smallest absolute Gasteiger partial charge is 0.129 e. The molecule has 0 radical (unpaired) electrons. The van der Waals surface area contributed by atoms with Crippen molar-refractivity contribution in [3.05, 3.63) is 35.4 Å². The van der Waals surface area contributed by atoms with Gasteiger partial charge in [-0.3, -0.25) is 0 Å². The lowest BCUT2D eigenvalue weighted by atomic mass is 10.0. The highest BCUT2D eigenvalue weighted by Crippen LogP contribution is 2.10. The van der Waals surface area contributed by atoms with Crippen molar-refractivity contribution in [3.63, 3.8) is 0 Å². The van der Waals surface area contributed by atoms with Crippen molar-refractivity contribution < 1.29 is 4.84 Å². The molecule has 0 saturated heterocycles. The first-order chi connectivity index (χ1) is 8.27. The zero-order valence-electron chi connectivity index (χ0n) is 10.8. The Morgan fingerprint density at radius 2 is 2.00 bits per heavy atom. The molecule has 0 spiro atoms. The van der Waals surface area contributed by atoms with Crippen molar-refractivity contribution in [2.75, 3.05) is 13.2 Å². The lowest BCUT2D eigenvalue weighted by Crippen LogP contribution is -2.08. The minimum atomic E-state index is 0.474. The average molecular weight is 234 g/mol. The highest BCUT2D eigenvalue weighted by molar-refractivity contribution is 6.00. The summed E-state index contributed by atoms with van der Waals surface area (Å²) in [4.78, 5) is 5.19. The zero-order chi connectivity index (χ0) is 12.5. The lowest BCUT2D eigenvalue weighted by molar-refractivity contribution is 0.152. The molecule has 94 valence electrons. The average Bonchev–Trinajstić information content (AvgIpc) is 2.35. The first kappa shape index (κ1) is 13.7. The summed E-state index contributed by atoms with van der Waals surface area (Å²) in [5.74, 6) is 0. The largest absolute Gasteiger partial charge is 0.394 e. The van der Waals surface area contributed by atoms with E-state index in [0.29, 0.717) is 13.2 Å². The SMILES string of the molecule is CCCCC(=NOCCN)c1ccc(C)cc1. The van der Waals surface area contributed by atoms with Gasteiger partial charge in [-0.2, -0.15) is 0 Å². The predicted octanol–water partition coefficient (Wildman–Crippen LogP) is 2.86. The molecule has 1 aromatic rings. The Labute approximate surface area is 104 Å². The topological polar surface area (TPSA) is 47.6 Å². The molecule has 17 heavy (non-hydrogen) atoms. The minimum Gasteiger partial charge on any atom is -0.394 e. The molecule has 0 heterocycles. The van der Waals surface area contributed by atoms with Crippen LogP contribution in [0.1, 0.15) is 37.3 Å². The first-order valence-electron chi connectivity index (χ1n) is 6.24. The Balaban J connectivity index is 2.74. The van der Waals surface area contributed by atoms with E-state index in [-0.39, 0.29) is 0 Å². The third-order valence-corrected chi connectivity index (χ3v) is 2.54. The van der Waals surface area contributed by atoms with Crippen LogP contribution in [0.15, 0.2) is 29.4 Å². The van der Waals surface area contributed by atoms with E-state index in [1.54, 1.807) is 0 Å². The Morgan fingerprint density at radius 1 is 1.29 bits per heavy atom. The fourth-order valence-electron chi connectivity index (χ4n) is 1.51. The Morgan fingerprint density at radius 3 is 2.59 bits per heavy atom. The summed E-state index contributed by atoms with van der Waals surface area (Å²) in [5.41, 5.74) is 8.79. The molecule has 3 nitrogen and oxygen atoms in total. The van der Waals surface area contributed by atoms with Gasteiger partial charge in [0.1, 0.15) is 6.61 Å². The quantitative estimate of drug-likeness (QED) is 0.448. The van der Waals surface area contributed by atoms with Crippen molar-refractivity contribution >= 4 is 5.71 Å². The maximum Gasteiger partial charge on any atom is 0.129 e. The molecule has 0 aliphatic carbocycles. The number of rotatable bonds is 7. The molecule has 0 atom stereocenters. The third-order valence-electron chi connectivity index (χ3n) is 2.54. The van der Waals surface area contributed by atoms with Crippen LogP contribution >= 0.6 is 0 Å². The minimum absolute atomic E-state index is 0.474. The van der Waals surface area contributed by atoms with Crippen LogP contribution in [0, 0.1) is 6.92 Å². The van der Waals surface area contributed by atoms with Crippen molar-refractivity contribution in [2.24, 2.45) is 10.9 Å². The molecule has 2 N–H and O–H groups in total. The van der Waals surface area contributed by atoms with Gasteiger partial charge in [0.25, 0.3) is 0 Å². The molecule has 0 bridgehead atoms. The van der Waals surface area contributed by atoms with E-state index in [9.17, 15) is 0 Å². The molecule has 0 aliphatic heterocycles. The van der Waals surface area contributed by atoms with Gasteiger partial charge in [-0.25, -0.2) is 0 Å². The van der Waals surface area contributed by atoms with E-state index in [4.69, 9.17) is 10.6 Å². The maximum atomic E-state index is 5.38. The lowest BCUT2D eigenvalue weighted by Gasteiger charge is -2.06. The predicted molar refractivity (Wildman–Crippen MR) is 72.2 cm³/mol. The summed E-state index contributed by atoms with van der Waals surface area (Å²) in [7, 11) is 0. The van der Waals surface area contributed by atoms with Crippen LogP contribution in [0.4, 0.5) is 0 Å². The van der Waals surface area contributed by atoms with Gasteiger partial charge in [0.2, 0.25) is 0 Å². The van der Waals surface area contributed by atoms with Crippen LogP contribution < -0.4 is 5.73 Å². The maximum absolute atomic E-state index is 5.38. The van der Waals surface area contributed by atoms with E-state index in [1.165, 1.54) is 5.56 Å². The van der Waals surface area contributed by atoms with Gasteiger partial charge in [-0.1, -0.05) is 48.3 Å². The van der Waals surface area contributed by atoms with Gasteiger partial charge < -0.3 is 10.6 Å². The summed E-state index contributed by atoms with van der Waals surface area (Å²) in [5, 5.41) is 4.19. The van der Waals surface area contributed by atoms with Crippen LogP contribution in [0.2, 0.25) is 0 Å². The summed E-state index contributed by atoms with van der Waals surface area (Å²) in [6.45, 7) is 5.23. The molecule has 0 aliphatic rings. The molecular weight excluding hydrogens is 212 g/mol. The van der Waals surface area contributed by atoms with Crippen LogP contribution in [0.3, 0.4) is 0 Å².